The average Bonchev–Trinajstić information content (AvgIpc) is 2.50. The van der Waals surface area contributed by atoms with E-state index < -0.39 is 0 Å². The molecule has 0 amide bonds. The molecular weight excluding hydrogens is 288 g/mol. The van der Waals surface area contributed by atoms with Crippen LogP contribution in [0.3, 0.4) is 0 Å². The first-order valence-corrected chi connectivity index (χ1v) is 6.78. The second-order valence-electron chi connectivity index (χ2n) is 4.52. The van der Waals surface area contributed by atoms with Gasteiger partial charge in [-0.05, 0) is 18.2 Å². The molecule has 2 N–H and O–H groups in total. The van der Waals surface area contributed by atoms with E-state index in [0.29, 0.717) is 16.5 Å². The van der Waals surface area contributed by atoms with Gasteiger partial charge in [-0.3, -0.25) is 4.98 Å². The van der Waals surface area contributed by atoms with Crippen LogP contribution in [0.15, 0.2) is 48.7 Å². The molecule has 1 aromatic heterocycles. The molecule has 3 aromatic rings. The zero-order valence-electron chi connectivity index (χ0n) is 11.3. The van der Waals surface area contributed by atoms with Crippen molar-refractivity contribution in [2.24, 2.45) is 0 Å². The molecule has 0 unspecified atom stereocenters. The van der Waals surface area contributed by atoms with Crippen molar-refractivity contribution in [2.45, 2.75) is 0 Å². The van der Waals surface area contributed by atoms with Gasteiger partial charge in [0.2, 0.25) is 0 Å². The zero-order chi connectivity index (χ0) is 14.8. The number of nitrogens with one attached hydrogen (secondary N) is 1. The van der Waals surface area contributed by atoms with E-state index in [0.717, 1.165) is 10.9 Å². The second kappa shape index (κ2) is 5.50. The summed E-state index contributed by atoms with van der Waals surface area (Å²) >= 11 is 6.14. The Bertz CT molecular complexity index is 782. The normalized spacial score (nSPS) is 10.6. The number of hydrogen-bond acceptors (Lipinski definition) is 4. The van der Waals surface area contributed by atoms with Crippen molar-refractivity contribution in [3.05, 3.63) is 53.7 Å². The number of aromatic hydroxyl groups is 1. The van der Waals surface area contributed by atoms with Crippen LogP contribution < -0.4 is 10.1 Å². The minimum Gasteiger partial charge on any atom is -0.504 e. The van der Waals surface area contributed by atoms with Gasteiger partial charge >= 0.3 is 0 Å². The number of anilines is 1. The number of phenols is 1. The second-order valence-corrected chi connectivity index (χ2v) is 4.93. The lowest BCUT2D eigenvalue weighted by Crippen LogP contribution is -1.91. The molecule has 0 aliphatic heterocycles. The van der Waals surface area contributed by atoms with Crippen LogP contribution in [0, 0.1) is 0 Å². The number of pyridine rings is 1. The Morgan fingerprint density at radius 2 is 2.00 bits per heavy atom. The molecule has 4 nitrogen and oxygen atoms in total. The van der Waals surface area contributed by atoms with Crippen LogP contribution in [0.1, 0.15) is 0 Å². The standard InChI is InChI=1S/C16H13ClN2O2/c1-18-11-7-13(17)16(15(20)8-11)21-12-6-10-4-2-3-5-14(10)19-9-12/h2-9,18,20H,1H3. The maximum absolute atomic E-state index is 10.0. The van der Waals surface area contributed by atoms with Crippen LogP contribution in [-0.2, 0) is 0 Å². The van der Waals surface area contributed by atoms with Crippen LogP contribution in [0.4, 0.5) is 5.69 Å². The first kappa shape index (κ1) is 13.5. The quantitative estimate of drug-likeness (QED) is 0.751. The van der Waals surface area contributed by atoms with Gasteiger partial charge in [-0.25, -0.2) is 0 Å². The van der Waals surface area contributed by atoms with Gasteiger partial charge in [0.05, 0.1) is 16.7 Å². The van der Waals surface area contributed by atoms with Gasteiger partial charge in [0, 0.05) is 24.2 Å². The predicted octanol–water partition coefficient (Wildman–Crippen LogP) is 4.43. The smallest absolute Gasteiger partial charge is 0.187 e. The summed E-state index contributed by atoms with van der Waals surface area (Å²) in [5.41, 5.74) is 1.59. The maximum atomic E-state index is 10.0. The summed E-state index contributed by atoms with van der Waals surface area (Å²) in [6, 6.07) is 12.8. The molecule has 21 heavy (non-hydrogen) atoms. The molecule has 2 aromatic carbocycles. The lowest BCUT2D eigenvalue weighted by molar-refractivity contribution is 0.411. The minimum absolute atomic E-state index is 0.0278. The molecule has 0 spiro atoms. The van der Waals surface area contributed by atoms with Crippen molar-refractivity contribution in [1.82, 2.24) is 4.98 Å². The van der Waals surface area contributed by atoms with Crippen LogP contribution in [0.2, 0.25) is 5.02 Å². The van der Waals surface area contributed by atoms with Gasteiger partial charge < -0.3 is 15.2 Å². The van der Waals surface area contributed by atoms with Gasteiger partial charge in [-0.2, -0.15) is 0 Å². The SMILES string of the molecule is CNc1cc(O)c(Oc2cnc3ccccc3c2)c(Cl)c1. The van der Waals surface area contributed by atoms with E-state index in [-0.39, 0.29) is 11.5 Å². The molecule has 0 saturated heterocycles. The Labute approximate surface area is 127 Å². The van der Waals surface area contributed by atoms with Gasteiger partial charge in [0.1, 0.15) is 5.75 Å². The summed E-state index contributed by atoms with van der Waals surface area (Å²) in [6.07, 6.45) is 1.60. The van der Waals surface area contributed by atoms with E-state index >= 15 is 0 Å². The monoisotopic (exact) mass is 300 g/mol. The van der Waals surface area contributed by atoms with Crippen molar-refractivity contribution in [2.75, 3.05) is 12.4 Å². The van der Waals surface area contributed by atoms with Gasteiger partial charge in [0.25, 0.3) is 0 Å². The Hall–Kier alpha value is -2.46. The third-order valence-corrected chi connectivity index (χ3v) is 3.38. The highest BCUT2D eigenvalue weighted by Gasteiger charge is 2.12. The number of phenolic OH excluding ortho intramolecular Hbond substituents is 1. The summed E-state index contributed by atoms with van der Waals surface area (Å²) < 4.78 is 5.68. The number of ether oxygens (including phenoxy) is 1. The fourth-order valence-corrected chi connectivity index (χ4v) is 2.30. The van der Waals surface area contributed by atoms with E-state index in [1.54, 1.807) is 25.4 Å². The number of hydrogen-bond donors (Lipinski definition) is 2. The number of aromatic nitrogens is 1. The molecule has 0 radical (unpaired) electrons. The summed E-state index contributed by atoms with van der Waals surface area (Å²) in [7, 11) is 1.75. The lowest BCUT2D eigenvalue weighted by Gasteiger charge is -2.11. The largest absolute Gasteiger partial charge is 0.504 e. The molecule has 0 atom stereocenters. The molecule has 106 valence electrons. The number of halogens is 1. The van der Waals surface area contributed by atoms with Gasteiger partial charge in [0.15, 0.2) is 11.5 Å². The Balaban J connectivity index is 1.98. The van der Waals surface area contributed by atoms with E-state index in [1.807, 2.05) is 30.3 Å². The molecule has 0 fully saturated rings. The van der Waals surface area contributed by atoms with Crippen LogP contribution >= 0.6 is 11.6 Å². The zero-order valence-corrected chi connectivity index (χ0v) is 12.1. The van der Waals surface area contributed by atoms with Gasteiger partial charge in [-0.1, -0.05) is 29.8 Å². The van der Waals surface area contributed by atoms with Crippen LogP contribution in [-0.4, -0.2) is 17.1 Å². The lowest BCUT2D eigenvalue weighted by atomic mass is 10.2. The highest BCUT2D eigenvalue weighted by molar-refractivity contribution is 6.32. The first-order valence-electron chi connectivity index (χ1n) is 6.40. The molecular formula is C16H13ClN2O2. The third kappa shape index (κ3) is 2.71. The summed E-state index contributed by atoms with van der Waals surface area (Å²) in [6.45, 7) is 0. The minimum atomic E-state index is -0.0278. The van der Waals surface area contributed by atoms with Crippen LogP contribution in [0.25, 0.3) is 10.9 Å². The van der Waals surface area contributed by atoms with E-state index in [9.17, 15) is 5.11 Å². The number of nitrogens with zero attached hydrogens (tertiary/aromatic N) is 1. The molecule has 1 heterocycles. The van der Waals surface area contributed by atoms with E-state index in [2.05, 4.69) is 10.3 Å². The molecule has 0 saturated carbocycles. The highest BCUT2D eigenvalue weighted by Crippen LogP contribution is 2.40. The van der Waals surface area contributed by atoms with E-state index in [1.165, 1.54) is 0 Å². The van der Waals surface area contributed by atoms with Crippen molar-refractivity contribution in [3.8, 4) is 17.2 Å². The predicted molar refractivity (Wildman–Crippen MR) is 84.5 cm³/mol. The molecule has 0 aliphatic carbocycles. The Kier molecular flexibility index (Phi) is 3.54. The maximum Gasteiger partial charge on any atom is 0.187 e. The van der Waals surface area contributed by atoms with Crippen molar-refractivity contribution in [3.63, 3.8) is 0 Å². The molecule has 3 rings (SSSR count). The van der Waals surface area contributed by atoms with Crippen molar-refractivity contribution < 1.29 is 9.84 Å². The highest BCUT2D eigenvalue weighted by atomic mass is 35.5. The number of para-hydroxylation sites is 1. The number of rotatable bonds is 3. The molecule has 0 bridgehead atoms. The summed E-state index contributed by atoms with van der Waals surface area (Å²) in [5, 5.41) is 14.2. The Morgan fingerprint density at radius 1 is 1.19 bits per heavy atom. The van der Waals surface area contributed by atoms with Crippen molar-refractivity contribution in [1.29, 1.82) is 0 Å². The topological polar surface area (TPSA) is 54.4 Å². The number of benzene rings is 2. The average molecular weight is 301 g/mol. The van der Waals surface area contributed by atoms with Crippen LogP contribution in [0.5, 0.6) is 17.2 Å². The van der Waals surface area contributed by atoms with Gasteiger partial charge in [-0.15, -0.1) is 0 Å². The summed E-state index contributed by atoms with van der Waals surface area (Å²) in [5.74, 6) is 0.705. The van der Waals surface area contributed by atoms with E-state index in [4.69, 9.17) is 16.3 Å². The number of fused-ring (bicyclic) bond motifs is 1. The summed E-state index contributed by atoms with van der Waals surface area (Å²) in [4.78, 5) is 4.31. The molecule has 5 heteroatoms. The fourth-order valence-electron chi connectivity index (χ4n) is 2.05. The fraction of sp³-hybridized carbons (Fsp3) is 0.0625. The third-order valence-electron chi connectivity index (χ3n) is 3.10. The molecule has 0 aliphatic rings. The first-order chi connectivity index (χ1) is 10.2. The van der Waals surface area contributed by atoms with Crippen molar-refractivity contribution >= 4 is 28.2 Å². The Morgan fingerprint density at radius 3 is 2.76 bits per heavy atom.